The Morgan fingerprint density at radius 2 is 1.94 bits per heavy atom. The number of hydrogen-bond donors (Lipinski definition) is 1. The van der Waals surface area contributed by atoms with Gasteiger partial charge in [0.25, 0.3) is 0 Å². The Balaban J connectivity index is 1.89. The minimum absolute atomic E-state index is 0.143. The minimum Gasteiger partial charge on any atom is -0.481 e. The average molecular weight is 234 g/mol. The van der Waals surface area contributed by atoms with E-state index >= 15 is 0 Å². The second-order valence-electron chi connectivity index (χ2n) is 5.43. The summed E-state index contributed by atoms with van der Waals surface area (Å²) in [5, 5.41) is 9.26. The predicted molar refractivity (Wildman–Crippen MR) is 64.6 cm³/mol. The van der Waals surface area contributed by atoms with Crippen molar-refractivity contribution in [3.05, 3.63) is 35.9 Å². The smallest absolute Gasteiger partial charge is 0.312 e. The van der Waals surface area contributed by atoms with E-state index in [0.717, 1.165) is 5.56 Å². The van der Waals surface area contributed by atoms with Crippen LogP contribution in [0.2, 0.25) is 0 Å². The Hall–Kier alpha value is -1.35. The van der Waals surface area contributed by atoms with Gasteiger partial charge in [-0.3, -0.25) is 4.79 Å². The van der Waals surface area contributed by atoms with Crippen LogP contribution in [0.1, 0.15) is 25.8 Å². The third kappa shape index (κ3) is 2.20. The van der Waals surface area contributed by atoms with Crippen molar-refractivity contribution in [2.45, 2.75) is 26.9 Å². The first-order valence-electron chi connectivity index (χ1n) is 5.83. The van der Waals surface area contributed by atoms with Gasteiger partial charge in [0.15, 0.2) is 0 Å². The van der Waals surface area contributed by atoms with Crippen LogP contribution in [0.5, 0.6) is 0 Å². The van der Waals surface area contributed by atoms with E-state index in [2.05, 4.69) is 0 Å². The van der Waals surface area contributed by atoms with E-state index in [-0.39, 0.29) is 5.41 Å². The van der Waals surface area contributed by atoms with Crippen LogP contribution < -0.4 is 0 Å². The second-order valence-corrected chi connectivity index (χ2v) is 5.43. The summed E-state index contributed by atoms with van der Waals surface area (Å²) in [6, 6.07) is 9.81. The second kappa shape index (κ2) is 4.15. The Kier molecular flexibility index (Phi) is 2.96. The Labute approximate surface area is 101 Å². The van der Waals surface area contributed by atoms with Crippen molar-refractivity contribution < 1.29 is 14.6 Å². The van der Waals surface area contributed by atoms with E-state index in [9.17, 15) is 9.90 Å². The lowest BCUT2D eigenvalue weighted by Crippen LogP contribution is -2.26. The molecule has 1 N–H and O–H groups in total. The molecule has 1 aromatic rings. The molecule has 1 aliphatic rings. The summed E-state index contributed by atoms with van der Waals surface area (Å²) in [6.07, 6.45) is 0.699. The first kappa shape index (κ1) is 12.1. The van der Waals surface area contributed by atoms with Crippen molar-refractivity contribution in [2.75, 3.05) is 6.61 Å². The molecule has 1 saturated carbocycles. The topological polar surface area (TPSA) is 46.5 Å². The molecule has 0 radical (unpaired) electrons. The molecule has 0 unspecified atom stereocenters. The molecule has 2 rings (SSSR count). The van der Waals surface area contributed by atoms with Crippen LogP contribution in [-0.4, -0.2) is 17.7 Å². The van der Waals surface area contributed by atoms with E-state index in [1.54, 1.807) is 0 Å². The highest BCUT2D eigenvalue weighted by molar-refractivity contribution is 5.80. The molecular weight excluding hydrogens is 216 g/mol. The summed E-state index contributed by atoms with van der Waals surface area (Å²) in [7, 11) is 0. The molecule has 0 bridgehead atoms. The number of hydrogen-bond acceptors (Lipinski definition) is 2. The van der Waals surface area contributed by atoms with Gasteiger partial charge in [0, 0.05) is 0 Å². The molecule has 17 heavy (non-hydrogen) atoms. The molecular formula is C14H18O3. The monoisotopic (exact) mass is 234 g/mol. The molecule has 0 aromatic heterocycles. The fourth-order valence-corrected chi connectivity index (χ4v) is 2.30. The number of carboxylic acids is 1. The standard InChI is InChI=1S/C14H18O3/c1-13(2)9-14(13,12(15)16)10-17-8-11-6-4-3-5-7-11/h3-7H,8-10H2,1-2H3,(H,15,16)/t14-/m0/s1. The van der Waals surface area contributed by atoms with Gasteiger partial charge in [-0.1, -0.05) is 44.2 Å². The van der Waals surface area contributed by atoms with Gasteiger partial charge in [0.05, 0.1) is 18.6 Å². The molecule has 1 atom stereocenters. The SMILES string of the molecule is CC1(C)C[C@]1(COCc1ccccc1)C(=O)O. The number of ether oxygens (including phenoxy) is 1. The van der Waals surface area contributed by atoms with Crippen molar-refractivity contribution in [3.63, 3.8) is 0 Å². The van der Waals surface area contributed by atoms with Gasteiger partial charge >= 0.3 is 5.97 Å². The normalized spacial score (nSPS) is 25.5. The average Bonchev–Trinajstić information content (AvgIpc) is 2.84. The van der Waals surface area contributed by atoms with Crippen molar-refractivity contribution in [1.29, 1.82) is 0 Å². The van der Waals surface area contributed by atoms with Crippen LogP contribution in [0.4, 0.5) is 0 Å². The van der Waals surface area contributed by atoms with E-state index in [1.165, 1.54) is 0 Å². The molecule has 0 heterocycles. The van der Waals surface area contributed by atoms with Gasteiger partial charge in [0.1, 0.15) is 0 Å². The number of carboxylic acid groups (broad SMARTS) is 1. The molecule has 3 heteroatoms. The maximum absolute atomic E-state index is 11.3. The number of benzene rings is 1. The van der Waals surface area contributed by atoms with Crippen LogP contribution in [0, 0.1) is 10.8 Å². The fraction of sp³-hybridized carbons (Fsp3) is 0.500. The van der Waals surface area contributed by atoms with Crippen LogP contribution in [0.25, 0.3) is 0 Å². The maximum Gasteiger partial charge on any atom is 0.312 e. The predicted octanol–water partition coefficient (Wildman–Crippen LogP) is 2.70. The summed E-state index contributed by atoms with van der Waals surface area (Å²) >= 11 is 0. The minimum atomic E-state index is -0.740. The van der Waals surface area contributed by atoms with Gasteiger partial charge < -0.3 is 9.84 Å². The van der Waals surface area contributed by atoms with Gasteiger partial charge in [-0.25, -0.2) is 0 Å². The van der Waals surface area contributed by atoms with Crippen LogP contribution >= 0.6 is 0 Å². The number of rotatable bonds is 5. The summed E-state index contributed by atoms with van der Waals surface area (Å²) in [6.45, 7) is 4.73. The molecule has 92 valence electrons. The molecule has 3 nitrogen and oxygen atoms in total. The number of aliphatic carboxylic acids is 1. The lowest BCUT2D eigenvalue weighted by Gasteiger charge is -2.15. The Morgan fingerprint density at radius 1 is 1.35 bits per heavy atom. The van der Waals surface area contributed by atoms with Gasteiger partial charge in [-0.05, 0) is 17.4 Å². The van der Waals surface area contributed by atoms with Crippen molar-refractivity contribution in [3.8, 4) is 0 Å². The summed E-state index contributed by atoms with van der Waals surface area (Å²) in [4.78, 5) is 11.3. The van der Waals surface area contributed by atoms with Gasteiger partial charge in [-0.2, -0.15) is 0 Å². The van der Waals surface area contributed by atoms with Crippen molar-refractivity contribution in [2.24, 2.45) is 10.8 Å². The van der Waals surface area contributed by atoms with Gasteiger partial charge in [-0.15, -0.1) is 0 Å². The third-order valence-electron chi connectivity index (χ3n) is 3.78. The van der Waals surface area contributed by atoms with Gasteiger partial charge in [0.2, 0.25) is 0 Å². The highest BCUT2D eigenvalue weighted by Gasteiger charge is 2.66. The maximum atomic E-state index is 11.3. The molecule has 1 aromatic carbocycles. The summed E-state index contributed by atoms with van der Waals surface area (Å²) < 4.78 is 5.56. The largest absolute Gasteiger partial charge is 0.481 e. The molecule has 0 saturated heterocycles. The zero-order chi connectivity index (χ0) is 12.5. The lowest BCUT2D eigenvalue weighted by atomic mass is 9.97. The van der Waals surface area contributed by atoms with E-state index in [4.69, 9.17) is 4.74 Å². The first-order valence-corrected chi connectivity index (χ1v) is 5.83. The van der Waals surface area contributed by atoms with E-state index in [1.807, 2.05) is 44.2 Å². The number of carbonyl (C=O) groups is 1. The third-order valence-corrected chi connectivity index (χ3v) is 3.78. The summed E-state index contributed by atoms with van der Waals surface area (Å²) in [5.74, 6) is -0.740. The molecule has 0 spiro atoms. The zero-order valence-corrected chi connectivity index (χ0v) is 10.3. The van der Waals surface area contributed by atoms with Crippen molar-refractivity contribution >= 4 is 5.97 Å². The summed E-state index contributed by atoms with van der Waals surface area (Å²) in [5.41, 5.74) is 0.253. The molecule has 0 aliphatic heterocycles. The Bertz CT molecular complexity index is 411. The fourth-order valence-electron chi connectivity index (χ4n) is 2.30. The highest BCUT2D eigenvalue weighted by atomic mass is 16.5. The van der Waals surface area contributed by atoms with Crippen LogP contribution in [0.15, 0.2) is 30.3 Å². The molecule has 0 amide bonds. The van der Waals surface area contributed by atoms with E-state index < -0.39 is 11.4 Å². The van der Waals surface area contributed by atoms with Crippen molar-refractivity contribution in [1.82, 2.24) is 0 Å². The quantitative estimate of drug-likeness (QED) is 0.852. The Morgan fingerprint density at radius 3 is 2.41 bits per heavy atom. The molecule has 1 aliphatic carbocycles. The van der Waals surface area contributed by atoms with Crippen LogP contribution in [-0.2, 0) is 16.1 Å². The highest BCUT2D eigenvalue weighted by Crippen LogP contribution is 2.63. The van der Waals surface area contributed by atoms with E-state index in [0.29, 0.717) is 19.6 Å². The first-order chi connectivity index (χ1) is 7.98. The zero-order valence-electron chi connectivity index (χ0n) is 10.3. The lowest BCUT2D eigenvalue weighted by molar-refractivity contribution is -0.147. The molecule has 1 fully saturated rings. The van der Waals surface area contributed by atoms with Crippen LogP contribution in [0.3, 0.4) is 0 Å².